The average Bonchev–Trinajstić information content (AvgIpc) is 1.84. The van der Waals surface area contributed by atoms with Crippen LogP contribution >= 0.6 is 0 Å². The van der Waals surface area contributed by atoms with Crippen LogP contribution in [-0.2, 0) is 10.8 Å². The lowest BCUT2D eigenvalue weighted by atomic mass is 10.4. The minimum atomic E-state index is -0.718. The van der Waals surface area contributed by atoms with E-state index in [0.717, 1.165) is 18.7 Å². The van der Waals surface area contributed by atoms with Crippen LogP contribution in [0.1, 0.15) is 13.3 Å². The van der Waals surface area contributed by atoms with Crippen LogP contribution in [-0.4, -0.2) is 47.3 Å². The van der Waals surface area contributed by atoms with Crippen molar-refractivity contribution in [2.75, 3.05) is 32.1 Å². The maximum atomic E-state index is 11.2. The highest BCUT2D eigenvalue weighted by Crippen LogP contribution is 1.91. The van der Waals surface area contributed by atoms with Crippen LogP contribution in [0.4, 0.5) is 0 Å². The topological polar surface area (TPSA) is 46.3 Å². The average molecular weight is 192 g/mol. The number of hydrogen-bond donors (Lipinski definition) is 1. The summed E-state index contributed by atoms with van der Waals surface area (Å²) in [6.45, 7) is 2.90. The van der Waals surface area contributed by atoms with Gasteiger partial charge in [0.05, 0.1) is 0 Å². The van der Waals surface area contributed by atoms with Gasteiger partial charge in [0.2, 0.25) is 0 Å². The van der Waals surface area contributed by atoms with Gasteiger partial charge in [-0.1, -0.05) is 0 Å². The summed E-state index contributed by atoms with van der Waals surface area (Å²) in [5.74, 6) is 1.41. The molecule has 0 spiro atoms. The molecule has 0 aliphatic rings. The predicted octanol–water partition coefficient (Wildman–Crippen LogP) is 0.0340. The first kappa shape index (κ1) is 12.1. The Labute approximate surface area is 77.8 Å². The fraction of sp³-hybridized carbons (Fsp3) is 1.00. The number of nitrogens with zero attached hydrogens (tertiary/aromatic N) is 1. The monoisotopic (exact) mass is 192 g/mol. The van der Waals surface area contributed by atoms with Crippen LogP contribution < -0.4 is 5.73 Å². The summed E-state index contributed by atoms with van der Waals surface area (Å²) in [5, 5.41) is 0. The van der Waals surface area contributed by atoms with Crippen molar-refractivity contribution >= 4 is 10.8 Å². The maximum absolute atomic E-state index is 11.2. The molecule has 74 valence electrons. The molecule has 2 unspecified atom stereocenters. The number of nitrogens with two attached hydrogens (primary N) is 1. The van der Waals surface area contributed by atoms with Crippen LogP contribution in [0.3, 0.4) is 0 Å². The van der Waals surface area contributed by atoms with Crippen molar-refractivity contribution in [3.8, 4) is 0 Å². The molecule has 0 saturated heterocycles. The van der Waals surface area contributed by atoms with E-state index in [9.17, 15) is 4.21 Å². The van der Waals surface area contributed by atoms with Crippen LogP contribution in [0, 0.1) is 0 Å². The van der Waals surface area contributed by atoms with E-state index in [1.54, 1.807) is 0 Å². The van der Waals surface area contributed by atoms with Crippen molar-refractivity contribution in [3.05, 3.63) is 0 Å². The molecule has 0 amide bonds. The smallest absolute Gasteiger partial charge is 0.0383 e. The molecular formula is C8H20N2OS. The Morgan fingerprint density at radius 3 is 2.50 bits per heavy atom. The first-order valence-electron chi connectivity index (χ1n) is 4.27. The molecule has 0 fully saturated rings. The fourth-order valence-electron chi connectivity index (χ4n) is 0.918. The van der Waals surface area contributed by atoms with E-state index < -0.39 is 10.8 Å². The summed E-state index contributed by atoms with van der Waals surface area (Å²) >= 11 is 0. The van der Waals surface area contributed by atoms with Gasteiger partial charge < -0.3 is 10.6 Å². The SMILES string of the molecule is CC(N)CS(=O)CCCN(C)C. The van der Waals surface area contributed by atoms with E-state index in [4.69, 9.17) is 5.73 Å². The highest BCUT2D eigenvalue weighted by atomic mass is 32.2. The molecule has 3 nitrogen and oxygen atoms in total. The Morgan fingerprint density at radius 2 is 2.08 bits per heavy atom. The van der Waals surface area contributed by atoms with Crippen LogP contribution in [0.15, 0.2) is 0 Å². The predicted molar refractivity (Wildman–Crippen MR) is 54.7 cm³/mol. The van der Waals surface area contributed by atoms with Crippen molar-refractivity contribution in [2.24, 2.45) is 5.73 Å². The van der Waals surface area contributed by atoms with E-state index in [1.807, 2.05) is 21.0 Å². The second-order valence-corrected chi connectivity index (χ2v) is 5.07. The molecule has 2 N–H and O–H groups in total. The van der Waals surface area contributed by atoms with Crippen molar-refractivity contribution < 1.29 is 4.21 Å². The minimum Gasteiger partial charge on any atom is -0.327 e. The molecule has 4 heteroatoms. The maximum Gasteiger partial charge on any atom is 0.0383 e. The highest BCUT2D eigenvalue weighted by Gasteiger charge is 2.02. The minimum absolute atomic E-state index is 0.0604. The van der Waals surface area contributed by atoms with Gasteiger partial charge in [0.1, 0.15) is 0 Å². The molecule has 12 heavy (non-hydrogen) atoms. The van der Waals surface area contributed by atoms with Gasteiger partial charge in [-0.25, -0.2) is 0 Å². The van der Waals surface area contributed by atoms with Crippen LogP contribution in [0.5, 0.6) is 0 Å². The van der Waals surface area contributed by atoms with Crippen LogP contribution in [0.2, 0.25) is 0 Å². The second kappa shape index (κ2) is 6.57. The van der Waals surface area contributed by atoms with Gasteiger partial charge in [0, 0.05) is 28.3 Å². The van der Waals surface area contributed by atoms with Crippen molar-refractivity contribution in [3.63, 3.8) is 0 Å². The number of hydrogen-bond acceptors (Lipinski definition) is 3. The molecule has 0 aromatic heterocycles. The van der Waals surface area contributed by atoms with Crippen molar-refractivity contribution in [1.29, 1.82) is 0 Å². The molecule has 0 aromatic carbocycles. The summed E-state index contributed by atoms with van der Waals surface area (Å²) < 4.78 is 11.2. The normalized spacial score (nSPS) is 16.4. The standard InChI is InChI=1S/C8H20N2OS/c1-8(9)7-12(11)6-4-5-10(2)3/h8H,4-7,9H2,1-3H3. The number of rotatable bonds is 6. The zero-order chi connectivity index (χ0) is 9.56. The zero-order valence-corrected chi connectivity index (χ0v) is 9.06. The van der Waals surface area contributed by atoms with Crippen molar-refractivity contribution in [1.82, 2.24) is 4.90 Å². The summed E-state index contributed by atoms with van der Waals surface area (Å²) in [5.41, 5.74) is 5.52. The van der Waals surface area contributed by atoms with Gasteiger partial charge in [0.25, 0.3) is 0 Å². The summed E-state index contributed by atoms with van der Waals surface area (Å²) in [4.78, 5) is 2.10. The first-order chi connectivity index (χ1) is 5.52. The molecule has 0 aromatic rings. The molecule has 0 rings (SSSR count). The third-order valence-electron chi connectivity index (χ3n) is 1.43. The van der Waals surface area contributed by atoms with E-state index in [0.29, 0.717) is 5.75 Å². The van der Waals surface area contributed by atoms with Gasteiger partial charge >= 0.3 is 0 Å². The van der Waals surface area contributed by atoms with Gasteiger partial charge in [0.15, 0.2) is 0 Å². The fourth-order valence-corrected chi connectivity index (χ4v) is 2.12. The molecule has 0 aliphatic heterocycles. The molecule has 0 heterocycles. The summed E-state index contributed by atoms with van der Waals surface area (Å²) in [6.07, 6.45) is 0.992. The lowest BCUT2D eigenvalue weighted by molar-refractivity contribution is 0.409. The third-order valence-corrected chi connectivity index (χ3v) is 3.07. The second-order valence-electron chi connectivity index (χ2n) is 3.44. The summed E-state index contributed by atoms with van der Waals surface area (Å²) in [7, 11) is 3.33. The van der Waals surface area contributed by atoms with Gasteiger partial charge in [-0.15, -0.1) is 0 Å². The first-order valence-corrected chi connectivity index (χ1v) is 5.76. The lowest BCUT2D eigenvalue weighted by Gasteiger charge is -2.09. The molecule has 0 radical (unpaired) electrons. The molecular weight excluding hydrogens is 172 g/mol. The zero-order valence-electron chi connectivity index (χ0n) is 8.25. The molecule has 0 saturated carbocycles. The van der Waals surface area contributed by atoms with Gasteiger partial charge in [-0.2, -0.15) is 0 Å². The van der Waals surface area contributed by atoms with Crippen LogP contribution in [0.25, 0.3) is 0 Å². The Balaban J connectivity index is 3.32. The van der Waals surface area contributed by atoms with E-state index >= 15 is 0 Å². The Kier molecular flexibility index (Phi) is 6.61. The third kappa shape index (κ3) is 8.17. The van der Waals surface area contributed by atoms with E-state index in [1.165, 1.54) is 0 Å². The van der Waals surface area contributed by atoms with Gasteiger partial charge in [-0.05, 0) is 34.0 Å². The Bertz CT molecular complexity index is 137. The molecule has 0 bridgehead atoms. The van der Waals surface area contributed by atoms with E-state index in [-0.39, 0.29) is 6.04 Å². The van der Waals surface area contributed by atoms with Gasteiger partial charge in [-0.3, -0.25) is 4.21 Å². The summed E-state index contributed by atoms with van der Waals surface area (Å²) in [6, 6.07) is 0.0604. The largest absolute Gasteiger partial charge is 0.327 e. The van der Waals surface area contributed by atoms with E-state index in [2.05, 4.69) is 4.90 Å². The highest BCUT2D eigenvalue weighted by molar-refractivity contribution is 7.85. The quantitative estimate of drug-likeness (QED) is 0.646. The van der Waals surface area contributed by atoms with Crippen molar-refractivity contribution in [2.45, 2.75) is 19.4 Å². The Hall–Kier alpha value is 0.0700. The molecule has 2 atom stereocenters. The lowest BCUT2D eigenvalue weighted by Crippen LogP contribution is -2.25. The molecule has 0 aliphatic carbocycles. The Morgan fingerprint density at radius 1 is 1.50 bits per heavy atom.